The van der Waals surface area contributed by atoms with E-state index >= 15 is 0 Å². The van der Waals surface area contributed by atoms with E-state index in [1.807, 2.05) is 0 Å². The quantitative estimate of drug-likeness (QED) is 0.0940. The third-order valence-electron chi connectivity index (χ3n) is 8.08. The molecule has 2 aromatic rings. The highest BCUT2D eigenvalue weighted by Crippen LogP contribution is 2.31. The fourth-order valence-electron chi connectivity index (χ4n) is 5.24. The van der Waals surface area contributed by atoms with Crippen LogP contribution in [0.4, 0.5) is 0 Å². The van der Waals surface area contributed by atoms with E-state index < -0.39 is 68.0 Å². The zero-order valence-electron chi connectivity index (χ0n) is 24.1. The van der Waals surface area contributed by atoms with Crippen LogP contribution >= 0.6 is 0 Å². The largest absolute Gasteiger partial charge is 0.504 e. The number of phenolic OH excluding ortho intramolecular Hbond substituents is 4. The van der Waals surface area contributed by atoms with Gasteiger partial charge in [-0.3, -0.25) is 0 Å². The molecule has 2 fully saturated rings. The molecule has 0 spiro atoms. The number of aromatic hydroxyl groups is 4. The Morgan fingerprint density at radius 1 is 0.773 bits per heavy atom. The van der Waals surface area contributed by atoms with E-state index in [1.165, 1.54) is 24.3 Å². The van der Waals surface area contributed by atoms with Crippen molar-refractivity contribution in [1.82, 2.24) is 0 Å². The van der Waals surface area contributed by atoms with Crippen LogP contribution in [0.2, 0.25) is 0 Å². The fraction of sp³-hybridized carbons (Fsp3) is 0.600. The number of ether oxygens (including phenoxy) is 4. The Balaban J connectivity index is 1.38. The number of phenols is 4. The highest BCUT2D eigenvalue weighted by Gasteiger charge is 2.50. The van der Waals surface area contributed by atoms with Crippen LogP contribution < -0.4 is 0 Å². The van der Waals surface area contributed by atoms with E-state index in [0.717, 1.165) is 11.1 Å². The predicted molar refractivity (Wildman–Crippen MR) is 151 cm³/mol. The summed E-state index contributed by atoms with van der Waals surface area (Å²) < 4.78 is 22.6. The first-order valence-corrected chi connectivity index (χ1v) is 14.5. The maximum absolute atomic E-state index is 10.7. The first-order chi connectivity index (χ1) is 20.9. The minimum Gasteiger partial charge on any atom is -0.504 e. The van der Waals surface area contributed by atoms with Crippen LogP contribution in [0.3, 0.4) is 0 Å². The highest BCUT2D eigenvalue weighted by molar-refractivity contribution is 5.41. The van der Waals surface area contributed by atoms with Gasteiger partial charge in [0.25, 0.3) is 0 Å². The molecule has 2 aliphatic heterocycles. The van der Waals surface area contributed by atoms with Crippen molar-refractivity contribution < 1.29 is 70.0 Å². The minimum atomic E-state index is -1.91. The molecular weight excluding hydrogens is 584 g/mol. The molecule has 0 amide bonds. The van der Waals surface area contributed by atoms with Crippen molar-refractivity contribution in [1.29, 1.82) is 0 Å². The second-order valence-electron chi connectivity index (χ2n) is 11.4. The van der Waals surface area contributed by atoms with Crippen molar-refractivity contribution in [2.45, 2.75) is 93.3 Å². The molecule has 0 saturated carbocycles. The lowest BCUT2D eigenvalue weighted by atomic mass is 9.98. The maximum atomic E-state index is 10.7. The van der Waals surface area contributed by atoms with E-state index in [0.29, 0.717) is 38.5 Å². The average molecular weight is 627 g/mol. The third-order valence-corrected chi connectivity index (χ3v) is 8.08. The summed E-state index contributed by atoms with van der Waals surface area (Å²) in [7, 11) is 0. The van der Waals surface area contributed by atoms with Crippen molar-refractivity contribution in [3.63, 3.8) is 0 Å². The summed E-state index contributed by atoms with van der Waals surface area (Å²) >= 11 is 0. The molecule has 2 aliphatic rings. The van der Waals surface area contributed by atoms with Crippen molar-refractivity contribution in [3.05, 3.63) is 47.5 Å². The number of hydrogen-bond donors (Lipinski definition) is 10. The lowest BCUT2D eigenvalue weighted by molar-refractivity contribution is -0.319. The van der Waals surface area contributed by atoms with E-state index in [2.05, 4.69) is 0 Å². The molecule has 14 nitrogen and oxygen atoms in total. The normalized spacial score (nSPS) is 31.3. The van der Waals surface area contributed by atoms with Gasteiger partial charge in [0.1, 0.15) is 36.1 Å². The third kappa shape index (κ3) is 8.28. The number of aliphatic hydroxyl groups is 6. The Morgan fingerprint density at radius 2 is 1.41 bits per heavy atom. The molecule has 4 rings (SSSR count). The van der Waals surface area contributed by atoms with Gasteiger partial charge in [0.2, 0.25) is 0 Å². The van der Waals surface area contributed by atoms with Crippen molar-refractivity contribution in [2.75, 3.05) is 19.8 Å². The molecule has 0 aliphatic carbocycles. The van der Waals surface area contributed by atoms with Gasteiger partial charge in [-0.05, 0) is 67.5 Å². The second kappa shape index (κ2) is 15.0. The minimum absolute atomic E-state index is 0.205. The molecule has 0 aromatic heterocycles. The number of aliphatic hydroxyl groups excluding tert-OH is 5. The first kappa shape index (κ1) is 34.1. The van der Waals surface area contributed by atoms with E-state index in [1.54, 1.807) is 12.1 Å². The second-order valence-corrected chi connectivity index (χ2v) is 11.4. The molecule has 2 saturated heterocycles. The molecule has 44 heavy (non-hydrogen) atoms. The predicted octanol–water partition coefficient (Wildman–Crippen LogP) is -0.495. The Hall–Kier alpha value is -2.76. The molecule has 14 heteroatoms. The van der Waals surface area contributed by atoms with Gasteiger partial charge in [-0.1, -0.05) is 18.6 Å². The number of unbranched alkanes of at least 4 members (excludes halogenated alkanes) is 1. The van der Waals surface area contributed by atoms with Gasteiger partial charge >= 0.3 is 0 Å². The van der Waals surface area contributed by atoms with Gasteiger partial charge < -0.3 is 70.0 Å². The molecule has 9 atom stereocenters. The SMILES string of the molecule is OCC1(O)COC(OCC2OC(OC(CCCCc3ccc(O)c(O)c3)CCc3ccc(O)c(O)c3)C(O)C(O)C2O)C1O. The fourth-order valence-corrected chi connectivity index (χ4v) is 5.24. The lowest BCUT2D eigenvalue weighted by Gasteiger charge is -2.41. The van der Waals surface area contributed by atoms with Crippen LogP contribution in [0.15, 0.2) is 36.4 Å². The van der Waals surface area contributed by atoms with Gasteiger partial charge in [-0.25, -0.2) is 0 Å². The van der Waals surface area contributed by atoms with Crippen LogP contribution in [0.25, 0.3) is 0 Å². The Labute approximate surface area is 253 Å². The first-order valence-electron chi connectivity index (χ1n) is 14.5. The molecule has 2 aromatic carbocycles. The van der Waals surface area contributed by atoms with Gasteiger partial charge in [0.05, 0.1) is 25.9 Å². The number of hydrogen-bond acceptors (Lipinski definition) is 14. The summed E-state index contributed by atoms with van der Waals surface area (Å²) in [4.78, 5) is 0. The average Bonchev–Trinajstić information content (AvgIpc) is 3.30. The van der Waals surface area contributed by atoms with Crippen molar-refractivity contribution in [2.24, 2.45) is 0 Å². The molecule has 246 valence electrons. The van der Waals surface area contributed by atoms with Gasteiger partial charge in [-0.2, -0.15) is 0 Å². The summed E-state index contributed by atoms with van der Waals surface area (Å²) in [5, 5.41) is 100. The molecule has 2 heterocycles. The lowest BCUT2D eigenvalue weighted by Crippen LogP contribution is -2.60. The summed E-state index contributed by atoms with van der Waals surface area (Å²) in [6.45, 7) is -1.56. The standard InChI is InChI=1S/C30H42O14/c31-14-30(40)15-42-29(27(30)39)41-13-23-24(36)25(37)26(38)28(44-23)43-18(8-5-17-7-10-20(33)22(35)12-17)4-2-1-3-16-6-9-19(32)21(34)11-16/h6-7,9-12,18,23-29,31-40H,1-5,8,13-15H2. The monoisotopic (exact) mass is 626 g/mol. The zero-order chi connectivity index (χ0) is 32.0. The highest BCUT2D eigenvalue weighted by atomic mass is 16.7. The molecular formula is C30H42O14. The van der Waals surface area contributed by atoms with Gasteiger partial charge in [-0.15, -0.1) is 0 Å². The van der Waals surface area contributed by atoms with Gasteiger partial charge in [0.15, 0.2) is 35.6 Å². The smallest absolute Gasteiger partial charge is 0.186 e. The molecule has 0 bridgehead atoms. The summed E-state index contributed by atoms with van der Waals surface area (Å²) in [5.41, 5.74) is -0.363. The molecule has 9 unspecified atom stereocenters. The van der Waals surface area contributed by atoms with Crippen LogP contribution in [0.1, 0.15) is 36.8 Å². The Bertz CT molecular complexity index is 1210. The summed E-state index contributed by atoms with van der Waals surface area (Å²) in [6, 6.07) is 9.07. The Kier molecular flexibility index (Phi) is 11.6. The zero-order valence-corrected chi connectivity index (χ0v) is 24.1. The summed E-state index contributed by atoms with van der Waals surface area (Å²) in [5.74, 6) is -0.931. The van der Waals surface area contributed by atoms with Crippen molar-refractivity contribution in [3.8, 4) is 23.0 Å². The van der Waals surface area contributed by atoms with Crippen LogP contribution in [0.5, 0.6) is 23.0 Å². The van der Waals surface area contributed by atoms with Crippen LogP contribution in [0, 0.1) is 0 Å². The van der Waals surface area contributed by atoms with Crippen LogP contribution in [-0.2, 0) is 31.8 Å². The molecule has 0 radical (unpaired) electrons. The molecule has 10 N–H and O–H groups in total. The van der Waals surface area contributed by atoms with Crippen molar-refractivity contribution >= 4 is 0 Å². The number of benzene rings is 2. The Morgan fingerprint density at radius 3 is 2.00 bits per heavy atom. The summed E-state index contributed by atoms with van der Waals surface area (Å²) in [6.07, 6.45) is -7.62. The van der Waals surface area contributed by atoms with E-state index in [9.17, 15) is 51.1 Å². The number of rotatable bonds is 14. The number of aryl methyl sites for hydroxylation is 2. The van der Waals surface area contributed by atoms with E-state index in [-0.39, 0.29) is 29.6 Å². The van der Waals surface area contributed by atoms with Gasteiger partial charge in [0, 0.05) is 0 Å². The maximum Gasteiger partial charge on any atom is 0.186 e. The topological polar surface area (TPSA) is 239 Å². The van der Waals surface area contributed by atoms with Crippen LogP contribution in [-0.4, -0.2) is 126 Å². The van der Waals surface area contributed by atoms with E-state index in [4.69, 9.17) is 18.9 Å².